The van der Waals surface area contributed by atoms with Gasteiger partial charge >= 0.3 is 0 Å². The molecular formula is C13H13N5. The van der Waals surface area contributed by atoms with Gasteiger partial charge in [0.25, 0.3) is 0 Å². The molecule has 0 aromatic carbocycles. The molecule has 3 heterocycles. The van der Waals surface area contributed by atoms with Crippen molar-refractivity contribution in [3.05, 3.63) is 48.3 Å². The van der Waals surface area contributed by atoms with Crippen molar-refractivity contribution in [3.8, 4) is 11.3 Å². The highest BCUT2D eigenvalue weighted by Crippen LogP contribution is 2.22. The van der Waals surface area contributed by atoms with E-state index in [0.717, 1.165) is 28.4 Å². The molecule has 2 N–H and O–H groups in total. The third-order valence-corrected chi connectivity index (χ3v) is 2.88. The highest BCUT2D eigenvalue weighted by Gasteiger charge is 2.10. The Morgan fingerprint density at radius 2 is 2.17 bits per heavy atom. The zero-order valence-electron chi connectivity index (χ0n) is 10.0. The van der Waals surface area contributed by atoms with E-state index < -0.39 is 0 Å². The maximum Gasteiger partial charge on any atom is 0.149 e. The molecule has 3 aromatic heterocycles. The van der Waals surface area contributed by atoms with Gasteiger partial charge in [0, 0.05) is 25.1 Å². The third kappa shape index (κ3) is 1.65. The Morgan fingerprint density at radius 3 is 2.89 bits per heavy atom. The van der Waals surface area contributed by atoms with E-state index in [1.807, 2.05) is 35.7 Å². The standard InChI is InChI=1S/C13H13N5/c1-9-16-7-11(12-4-2-3-5-15-12)13-17-10(6-14)8-18(9)13/h2-5,7-8H,6,14H2,1H3. The van der Waals surface area contributed by atoms with Crippen LogP contribution < -0.4 is 5.73 Å². The van der Waals surface area contributed by atoms with Crippen molar-refractivity contribution in [2.75, 3.05) is 0 Å². The molecule has 0 spiro atoms. The van der Waals surface area contributed by atoms with Gasteiger partial charge in [0.1, 0.15) is 11.5 Å². The molecule has 0 amide bonds. The average Bonchev–Trinajstić information content (AvgIpc) is 2.85. The first kappa shape index (κ1) is 10.9. The third-order valence-electron chi connectivity index (χ3n) is 2.88. The summed E-state index contributed by atoms with van der Waals surface area (Å²) in [5.74, 6) is 0.886. The fourth-order valence-corrected chi connectivity index (χ4v) is 1.94. The molecule has 0 unspecified atom stereocenters. The second-order valence-corrected chi connectivity index (χ2v) is 4.06. The number of rotatable bonds is 2. The molecular weight excluding hydrogens is 226 g/mol. The van der Waals surface area contributed by atoms with Crippen molar-refractivity contribution in [3.63, 3.8) is 0 Å². The molecule has 0 aliphatic carbocycles. The Morgan fingerprint density at radius 1 is 1.28 bits per heavy atom. The van der Waals surface area contributed by atoms with Crippen LogP contribution in [-0.4, -0.2) is 19.4 Å². The smallest absolute Gasteiger partial charge is 0.149 e. The molecule has 0 radical (unpaired) electrons. The quantitative estimate of drug-likeness (QED) is 0.736. The van der Waals surface area contributed by atoms with E-state index in [1.54, 1.807) is 12.4 Å². The minimum absolute atomic E-state index is 0.419. The van der Waals surface area contributed by atoms with Crippen LogP contribution in [0, 0.1) is 6.92 Å². The number of nitrogens with two attached hydrogens (primary N) is 1. The van der Waals surface area contributed by atoms with E-state index in [1.165, 1.54) is 0 Å². The Balaban J connectivity index is 2.30. The monoisotopic (exact) mass is 239 g/mol. The number of nitrogens with zero attached hydrogens (tertiary/aromatic N) is 4. The van der Waals surface area contributed by atoms with E-state index in [9.17, 15) is 0 Å². The molecule has 0 atom stereocenters. The van der Waals surface area contributed by atoms with E-state index in [2.05, 4.69) is 15.0 Å². The fourth-order valence-electron chi connectivity index (χ4n) is 1.94. The number of aryl methyl sites for hydroxylation is 1. The number of hydrogen-bond donors (Lipinski definition) is 1. The summed E-state index contributed by atoms with van der Waals surface area (Å²) in [7, 11) is 0. The molecule has 3 rings (SSSR count). The molecule has 0 saturated heterocycles. The Hall–Kier alpha value is -2.27. The van der Waals surface area contributed by atoms with Gasteiger partial charge in [-0.1, -0.05) is 6.07 Å². The van der Waals surface area contributed by atoms with Gasteiger partial charge < -0.3 is 5.73 Å². The van der Waals surface area contributed by atoms with Gasteiger partial charge in [-0.3, -0.25) is 9.38 Å². The molecule has 5 heteroatoms. The van der Waals surface area contributed by atoms with Gasteiger partial charge in [-0.2, -0.15) is 0 Å². The molecule has 0 saturated carbocycles. The van der Waals surface area contributed by atoms with Crippen molar-refractivity contribution in [1.82, 2.24) is 19.4 Å². The first-order valence-corrected chi connectivity index (χ1v) is 5.74. The molecule has 5 nitrogen and oxygen atoms in total. The zero-order valence-corrected chi connectivity index (χ0v) is 10.0. The summed E-state index contributed by atoms with van der Waals surface area (Å²) in [5, 5.41) is 0. The van der Waals surface area contributed by atoms with Gasteiger partial charge in [-0.25, -0.2) is 9.97 Å². The maximum absolute atomic E-state index is 5.64. The van der Waals surface area contributed by atoms with Crippen LogP contribution in [0.15, 0.2) is 36.8 Å². The molecule has 90 valence electrons. The Bertz CT molecular complexity index is 687. The molecule has 0 aliphatic rings. The largest absolute Gasteiger partial charge is 0.325 e. The van der Waals surface area contributed by atoms with Crippen LogP contribution in [0.25, 0.3) is 16.9 Å². The van der Waals surface area contributed by atoms with Crippen LogP contribution in [0.4, 0.5) is 0 Å². The lowest BCUT2D eigenvalue weighted by molar-refractivity contribution is 0.978. The second kappa shape index (κ2) is 4.19. The minimum Gasteiger partial charge on any atom is -0.325 e. The van der Waals surface area contributed by atoms with E-state index in [-0.39, 0.29) is 0 Å². The lowest BCUT2D eigenvalue weighted by Crippen LogP contribution is -1.96. The van der Waals surface area contributed by atoms with Crippen LogP contribution in [-0.2, 0) is 6.54 Å². The number of hydrogen-bond acceptors (Lipinski definition) is 4. The van der Waals surface area contributed by atoms with Crippen LogP contribution >= 0.6 is 0 Å². The summed E-state index contributed by atoms with van der Waals surface area (Å²) in [5.41, 5.74) is 9.12. The number of imidazole rings is 1. The lowest BCUT2D eigenvalue weighted by Gasteiger charge is -2.04. The summed E-state index contributed by atoms with van der Waals surface area (Å²) in [6.07, 6.45) is 5.49. The normalized spacial score (nSPS) is 11.0. The number of fused-ring (bicyclic) bond motifs is 1. The fraction of sp³-hybridized carbons (Fsp3) is 0.154. The Kier molecular flexibility index (Phi) is 2.53. The van der Waals surface area contributed by atoms with Crippen molar-refractivity contribution in [1.29, 1.82) is 0 Å². The maximum atomic E-state index is 5.64. The lowest BCUT2D eigenvalue weighted by atomic mass is 10.2. The van der Waals surface area contributed by atoms with Gasteiger partial charge in [-0.05, 0) is 19.1 Å². The van der Waals surface area contributed by atoms with Gasteiger partial charge in [0.05, 0.1) is 17.0 Å². The van der Waals surface area contributed by atoms with Crippen LogP contribution in [0.5, 0.6) is 0 Å². The van der Waals surface area contributed by atoms with Crippen molar-refractivity contribution in [2.45, 2.75) is 13.5 Å². The summed E-state index contributed by atoms with van der Waals surface area (Å²) < 4.78 is 1.95. The van der Waals surface area contributed by atoms with Crippen molar-refractivity contribution < 1.29 is 0 Å². The first-order chi connectivity index (χ1) is 8.79. The second-order valence-electron chi connectivity index (χ2n) is 4.06. The van der Waals surface area contributed by atoms with Crippen molar-refractivity contribution in [2.24, 2.45) is 5.73 Å². The van der Waals surface area contributed by atoms with Crippen LogP contribution in [0.2, 0.25) is 0 Å². The highest BCUT2D eigenvalue weighted by atomic mass is 15.1. The Labute approximate surface area is 104 Å². The number of aromatic nitrogens is 4. The van der Waals surface area contributed by atoms with E-state index >= 15 is 0 Å². The summed E-state index contributed by atoms with van der Waals surface area (Å²) in [6, 6.07) is 5.79. The average molecular weight is 239 g/mol. The SMILES string of the molecule is Cc1ncc(-c2ccccn2)c2nc(CN)cn12. The van der Waals surface area contributed by atoms with E-state index in [0.29, 0.717) is 6.54 Å². The topological polar surface area (TPSA) is 69.1 Å². The molecule has 18 heavy (non-hydrogen) atoms. The molecule has 3 aromatic rings. The molecule has 0 aliphatic heterocycles. The summed E-state index contributed by atoms with van der Waals surface area (Å²) in [6.45, 7) is 2.36. The molecule has 0 bridgehead atoms. The predicted molar refractivity (Wildman–Crippen MR) is 68.8 cm³/mol. The van der Waals surface area contributed by atoms with Gasteiger partial charge in [0.2, 0.25) is 0 Å². The predicted octanol–water partition coefficient (Wildman–Crippen LogP) is 1.56. The molecule has 0 fully saturated rings. The van der Waals surface area contributed by atoms with Gasteiger partial charge in [0.15, 0.2) is 0 Å². The summed E-state index contributed by atoms with van der Waals surface area (Å²) >= 11 is 0. The zero-order chi connectivity index (χ0) is 12.5. The van der Waals surface area contributed by atoms with E-state index in [4.69, 9.17) is 5.73 Å². The number of pyridine rings is 1. The van der Waals surface area contributed by atoms with Gasteiger partial charge in [-0.15, -0.1) is 0 Å². The first-order valence-electron chi connectivity index (χ1n) is 5.74. The minimum atomic E-state index is 0.419. The summed E-state index contributed by atoms with van der Waals surface area (Å²) in [4.78, 5) is 13.2. The highest BCUT2D eigenvalue weighted by molar-refractivity contribution is 5.74. The van der Waals surface area contributed by atoms with Crippen molar-refractivity contribution >= 4 is 5.65 Å². The van der Waals surface area contributed by atoms with Crippen LogP contribution in [0.1, 0.15) is 11.5 Å². The van der Waals surface area contributed by atoms with Crippen LogP contribution in [0.3, 0.4) is 0 Å².